The molecule has 0 aliphatic carbocycles. The van der Waals surface area contributed by atoms with E-state index in [1.807, 2.05) is 0 Å². The highest BCUT2D eigenvalue weighted by Crippen LogP contribution is 2.48. The van der Waals surface area contributed by atoms with Gasteiger partial charge >= 0.3 is 0 Å². The minimum absolute atomic E-state index is 0.478. The Hall–Kier alpha value is -6.32. The molecule has 0 aliphatic heterocycles. The topological polar surface area (TPSA) is 53.6 Å². The molecule has 1 heterocycles. The lowest BCUT2D eigenvalue weighted by molar-refractivity contribution is 0.405. The summed E-state index contributed by atoms with van der Waals surface area (Å²) in [5.41, 5.74) is -8.61. The van der Waals surface area contributed by atoms with Crippen molar-refractivity contribution in [2.75, 3.05) is 0 Å². The quantitative estimate of drug-likeness (QED) is 0.150. The predicted octanol–water partition coefficient (Wildman–Crippen LogP) is 12.0. The highest BCUT2D eigenvalue weighted by Gasteiger charge is 2.21. The van der Waals surface area contributed by atoms with Crippen molar-refractivity contribution in [2.24, 2.45) is 0 Å². The molecule has 0 atom stereocenters. The molecule has 0 spiro atoms. The third kappa shape index (κ3) is 4.44. The van der Waals surface area contributed by atoms with Crippen molar-refractivity contribution >= 4 is 43.5 Å². The van der Waals surface area contributed by atoms with E-state index in [0.717, 1.165) is 0 Å². The molecular formula is C44H28O3. The molecule has 0 saturated heterocycles. The van der Waals surface area contributed by atoms with E-state index in [1.54, 1.807) is 0 Å². The number of rotatable bonds is 4. The molecule has 222 valence electrons. The van der Waals surface area contributed by atoms with Gasteiger partial charge in [0.1, 0.15) is 11.2 Å². The molecule has 47 heavy (non-hydrogen) atoms. The summed E-state index contributed by atoms with van der Waals surface area (Å²) in [6.45, 7) is 0. The van der Waals surface area contributed by atoms with Gasteiger partial charge in [-0.25, -0.2) is 0 Å². The molecule has 0 fully saturated rings. The Labute approximate surface area is 307 Å². The number of furan rings is 1. The molecule has 0 radical (unpaired) electrons. The predicted molar refractivity (Wildman–Crippen MR) is 194 cm³/mol. The maximum Gasteiger partial charge on any atom is 0.158 e. The lowest BCUT2D eigenvalue weighted by atomic mass is 9.84. The van der Waals surface area contributed by atoms with E-state index < -0.39 is 257 Å². The molecule has 0 saturated carbocycles. The fraction of sp³-hybridized carbons (Fsp3) is 0. The van der Waals surface area contributed by atoms with Crippen LogP contribution in [0.4, 0.5) is 0 Å². The van der Waals surface area contributed by atoms with Crippen molar-refractivity contribution in [3.63, 3.8) is 0 Å². The first-order valence-corrected chi connectivity index (χ1v) is 13.6. The van der Waals surface area contributed by atoms with E-state index in [4.69, 9.17) is 27.7 Å². The maximum atomic E-state index is 11.4. The van der Waals surface area contributed by atoms with Crippen LogP contribution in [0.3, 0.4) is 0 Å². The summed E-state index contributed by atoms with van der Waals surface area (Å²) < 4.78 is 238. The van der Waals surface area contributed by atoms with E-state index in [9.17, 15) is 22.5 Å². The van der Waals surface area contributed by atoms with Crippen LogP contribution in [-0.4, -0.2) is 10.2 Å². The van der Waals surface area contributed by atoms with Crippen LogP contribution in [0.25, 0.3) is 88.0 Å². The van der Waals surface area contributed by atoms with Gasteiger partial charge in [-0.05, 0) is 114 Å². The van der Waals surface area contributed by atoms with E-state index >= 15 is 0 Å². The Morgan fingerprint density at radius 3 is 1.40 bits per heavy atom. The molecule has 2 N–H and O–H groups in total. The Bertz CT molecular complexity index is 3890. The first kappa shape index (κ1) is 11.5. The fourth-order valence-corrected chi connectivity index (χ4v) is 5.31. The minimum atomic E-state index is -1.41. The van der Waals surface area contributed by atoms with Gasteiger partial charge in [-0.15, -0.1) is 0 Å². The molecule has 0 bridgehead atoms. The molecule has 9 rings (SSSR count). The van der Waals surface area contributed by atoms with E-state index in [0.29, 0.717) is 0 Å². The number of phenols is 2. The van der Waals surface area contributed by atoms with Gasteiger partial charge in [0.15, 0.2) is 11.5 Å². The van der Waals surface area contributed by atoms with Gasteiger partial charge in [0.25, 0.3) is 0 Å². The zero-order valence-corrected chi connectivity index (χ0v) is 23.3. The van der Waals surface area contributed by atoms with Crippen LogP contribution < -0.4 is 0 Å². The summed E-state index contributed by atoms with van der Waals surface area (Å²) in [5, 5.41) is 18.3. The van der Waals surface area contributed by atoms with Crippen molar-refractivity contribution in [1.82, 2.24) is 0 Å². The zero-order chi connectivity index (χ0) is 54.1. The Morgan fingerprint density at radius 2 is 0.809 bits per heavy atom. The van der Waals surface area contributed by atoms with E-state index in [-0.39, 0.29) is 0 Å². The lowest BCUT2D eigenvalue weighted by Gasteiger charge is -2.20. The van der Waals surface area contributed by atoms with Gasteiger partial charge in [0.05, 0.1) is 35.6 Å². The third-order valence-electron chi connectivity index (χ3n) is 7.28. The maximum absolute atomic E-state index is 11.4. The highest BCUT2D eigenvalue weighted by atomic mass is 16.3. The van der Waals surface area contributed by atoms with Crippen LogP contribution in [0, 0.1) is 0 Å². The smallest absolute Gasteiger partial charge is 0.158 e. The largest absolute Gasteiger partial charge is 0.504 e. The Balaban J connectivity index is 1.66. The Kier molecular flexibility index (Phi) is 2.60. The van der Waals surface area contributed by atoms with Crippen LogP contribution in [0.1, 0.15) is 35.6 Å². The molecule has 1 aromatic heterocycles. The van der Waals surface area contributed by atoms with Gasteiger partial charge in [-0.1, -0.05) is 109 Å². The number of hydrogen-bond acceptors (Lipinski definition) is 3. The minimum Gasteiger partial charge on any atom is -0.504 e. The molecule has 0 amide bonds. The SMILES string of the molecule is [2H]c1c([2H])c([2H])c(-c2c([2H])c(-c3c([2H])c([2H])c([2H])c([2H])c3[2H])c([2H])c(-c3c4c([2H])c([2H])c([2H])c([2H])c4c(-c4c([2H])c([2H])c5oc6c([2H])c([2H])c([2H])c([2H])c6c5c4[2H])c4c([2H])c(O)c(O)c([2H])c34)c2[2H])c([2H])c1[2H]. The number of para-hydroxylation sites is 1. The van der Waals surface area contributed by atoms with Crippen molar-refractivity contribution in [1.29, 1.82) is 0 Å². The summed E-state index contributed by atoms with van der Waals surface area (Å²) in [5.74, 6) is -2.81. The van der Waals surface area contributed by atoms with E-state index in [1.165, 1.54) is 0 Å². The van der Waals surface area contributed by atoms with Crippen LogP contribution >= 0.6 is 0 Å². The number of phenolic OH excluding ortho intramolecular Hbond substituents is 2. The summed E-state index contributed by atoms with van der Waals surface area (Å²) in [7, 11) is 0. The van der Waals surface area contributed by atoms with E-state index in [2.05, 4.69) is 0 Å². The number of fused-ring (bicyclic) bond motifs is 5. The van der Waals surface area contributed by atoms with Crippen LogP contribution in [-0.2, 0) is 0 Å². The molecule has 9 aromatic rings. The van der Waals surface area contributed by atoms with Crippen LogP contribution in [0.5, 0.6) is 11.5 Å². The number of benzene rings is 8. The second-order valence-electron chi connectivity index (χ2n) is 9.96. The summed E-state index contributed by atoms with van der Waals surface area (Å²) in [6.07, 6.45) is 0. The van der Waals surface area contributed by atoms with Crippen molar-refractivity contribution < 1.29 is 50.3 Å². The molecule has 8 aromatic carbocycles. The summed E-state index contributed by atoms with van der Waals surface area (Å²) in [4.78, 5) is 0. The molecular weight excluding hydrogens is 576 g/mol. The van der Waals surface area contributed by atoms with Crippen molar-refractivity contribution in [3.8, 4) is 56.0 Å². The number of hydrogen-bond donors (Lipinski definition) is 2. The molecule has 3 heteroatoms. The monoisotopic (exact) mass is 630 g/mol. The first-order valence-electron chi connectivity index (χ1n) is 26.6. The van der Waals surface area contributed by atoms with Gasteiger partial charge < -0.3 is 14.6 Å². The summed E-state index contributed by atoms with van der Waals surface area (Å²) in [6, 6.07) is -26.4. The third-order valence-corrected chi connectivity index (χ3v) is 7.28. The van der Waals surface area contributed by atoms with Gasteiger partial charge in [-0.3, -0.25) is 0 Å². The van der Waals surface area contributed by atoms with Gasteiger partial charge in [-0.2, -0.15) is 0 Å². The van der Waals surface area contributed by atoms with Crippen molar-refractivity contribution in [2.45, 2.75) is 0 Å². The highest BCUT2D eigenvalue weighted by molar-refractivity contribution is 6.23. The second kappa shape index (κ2) is 10.6. The van der Waals surface area contributed by atoms with Gasteiger partial charge in [0.2, 0.25) is 0 Å². The standard InChI is InChI=1S/C44H28O3/c45-39-25-37-38(26-40(39)46)44(32-22-30(27-11-3-1-4-12-27)21-31(23-32)28-13-5-2-6-14-28)35-17-8-7-16-34(35)43(37)29-19-20-42-36(24-29)33-15-9-10-18-41(33)47-42/h1-26,45-46H/i1D,2D,3D,4D,5D,6D,7D,8D,9D,10D,11D,12D,13D,14D,15D,16D,17D,18D,19D,20D,21D,22D,23D,24D,25D,26D. The first-order chi connectivity index (χ1) is 34.0. The molecule has 0 unspecified atom stereocenters. The van der Waals surface area contributed by atoms with Crippen LogP contribution in [0.15, 0.2) is 162 Å². The molecule has 0 aliphatic rings. The second-order valence-corrected chi connectivity index (χ2v) is 9.96. The van der Waals surface area contributed by atoms with Crippen molar-refractivity contribution in [3.05, 3.63) is 157 Å². The van der Waals surface area contributed by atoms with Crippen LogP contribution in [0.2, 0.25) is 0 Å². The fourth-order valence-electron chi connectivity index (χ4n) is 5.31. The average Bonchev–Trinajstić information content (AvgIpc) is 3.77. The van der Waals surface area contributed by atoms with Gasteiger partial charge in [0, 0.05) is 10.8 Å². The Morgan fingerprint density at radius 1 is 0.340 bits per heavy atom. The normalized spacial score (nSPS) is 19.3. The average molecular weight is 631 g/mol. The summed E-state index contributed by atoms with van der Waals surface area (Å²) >= 11 is 0. The zero-order valence-electron chi connectivity index (χ0n) is 49.3. The number of aromatic hydroxyl groups is 2. The lowest BCUT2D eigenvalue weighted by Crippen LogP contribution is -1.92. The molecule has 3 nitrogen and oxygen atoms in total.